The number of ether oxygens (including phenoxy) is 4. The van der Waals surface area contributed by atoms with E-state index in [9.17, 15) is 4.79 Å². The molecule has 0 atom stereocenters. The molecular weight excluding hydrogens is 388 g/mol. The molecule has 0 saturated heterocycles. The molecule has 0 amide bonds. The van der Waals surface area contributed by atoms with Gasteiger partial charge in [-0.3, -0.25) is 4.79 Å². The molecular formula is C19H21BrO5. The van der Waals surface area contributed by atoms with Crippen LogP contribution in [0.2, 0.25) is 0 Å². The van der Waals surface area contributed by atoms with Gasteiger partial charge >= 0.3 is 5.97 Å². The first-order valence-corrected chi connectivity index (χ1v) is 8.55. The first-order chi connectivity index (χ1) is 12.1. The quantitative estimate of drug-likeness (QED) is 0.614. The average molecular weight is 409 g/mol. The maximum atomic E-state index is 12.0. The number of rotatable bonds is 8. The lowest BCUT2D eigenvalue weighted by molar-refractivity contribution is -0.144. The Morgan fingerprint density at radius 3 is 2.24 bits per heavy atom. The highest BCUT2D eigenvalue weighted by molar-refractivity contribution is 9.10. The van der Waals surface area contributed by atoms with Crippen LogP contribution in [-0.4, -0.2) is 27.3 Å². The Labute approximate surface area is 156 Å². The number of benzene rings is 2. The molecule has 2 rings (SSSR count). The maximum absolute atomic E-state index is 12.0. The second kappa shape index (κ2) is 9.32. The minimum Gasteiger partial charge on any atom is -0.497 e. The van der Waals surface area contributed by atoms with Crippen LogP contribution < -0.4 is 14.2 Å². The van der Waals surface area contributed by atoms with E-state index in [4.69, 9.17) is 18.9 Å². The molecule has 0 aliphatic heterocycles. The van der Waals surface area contributed by atoms with Gasteiger partial charge in [-0.05, 0) is 52.2 Å². The molecule has 5 nitrogen and oxygen atoms in total. The molecule has 6 heteroatoms. The molecule has 0 spiro atoms. The van der Waals surface area contributed by atoms with Gasteiger partial charge in [0.05, 0.1) is 25.8 Å². The van der Waals surface area contributed by atoms with E-state index in [1.165, 1.54) is 0 Å². The minimum atomic E-state index is -0.264. The number of methoxy groups -OCH3 is 3. The SMILES string of the molecule is COc1ccc(CCC(=O)OCc2cc(OC)c(Br)cc2OC)cc1. The molecule has 0 heterocycles. The molecule has 134 valence electrons. The van der Waals surface area contributed by atoms with Crippen LogP contribution in [0.3, 0.4) is 0 Å². The topological polar surface area (TPSA) is 54.0 Å². The zero-order chi connectivity index (χ0) is 18.2. The van der Waals surface area contributed by atoms with Gasteiger partial charge in [-0.15, -0.1) is 0 Å². The molecule has 2 aromatic carbocycles. The number of halogens is 1. The predicted octanol–water partition coefficient (Wildman–Crippen LogP) is 4.15. The second-order valence-corrected chi connectivity index (χ2v) is 6.16. The van der Waals surface area contributed by atoms with Crippen molar-refractivity contribution in [3.05, 3.63) is 52.0 Å². The van der Waals surface area contributed by atoms with Crippen molar-refractivity contribution in [1.29, 1.82) is 0 Å². The van der Waals surface area contributed by atoms with Gasteiger partial charge in [0, 0.05) is 12.0 Å². The lowest BCUT2D eigenvalue weighted by Crippen LogP contribution is -2.07. The van der Waals surface area contributed by atoms with Gasteiger partial charge in [0.2, 0.25) is 0 Å². The van der Waals surface area contributed by atoms with Crippen LogP contribution in [0.15, 0.2) is 40.9 Å². The van der Waals surface area contributed by atoms with E-state index >= 15 is 0 Å². The predicted molar refractivity (Wildman–Crippen MR) is 98.4 cm³/mol. The van der Waals surface area contributed by atoms with Crippen molar-refractivity contribution in [2.45, 2.75) is 19.4 Å². The van der Waals surface area contributed by atoms with Gasteiger partial charge in [0.15, 0.2) is 0 Å². The molecule has 0 N–H and O–H groups in total. The third-order valence-corrected chi connectivity index (χ3v) is 4.34. The van der Waals surface area contributed by atoms with Crippen LogP contribution in [0.1, 0.15) is 17.5 Å². The van der Waals surface area contributed by atoms with Crippen LogP contribution >= 0.6 is 15.9 Å². The van der Waals surface area contributed by atoms with Crippen molar-refractivity contribution in [3.8, 4) is 17.2 Å². The molecule has 0 unspecified atom stereocenters. The summed E-state index contributed by atoms with van der Waals surface area (Å²) in [5, 5.41) is 0. The first kappa shape index (κ1) is 19.1. The zero-order valence-electron chi connectivity index (χ0n) is 14.5. The van der Waals surface area contributed by atoms with Crippen molar-refractivity contribution in [1.82, 2.24) is 0 Å². The van der Waals surface area contributed by atoms with Crippen molar-refractivity contribution in [2.75, 3.05) is 21.3 Å². The summed E-state index contributed by atoms with van der Waals surface area (Å²) < 4.78 is 21.8. The highest BCUT2D eigenvalue weighted by Gasteiger charge is 2.12. The standard InChI is InChI=1S/C19H21BrO5/c1-22-15-7-4-13(5-8-15)6-9-19(21)25-12-14-10-18(24-3)16(20)11-17(14)23-2/h4-5,7-8,10-11H,6,9,12H2,1-3H3. The summed E-state index contributed by atoms with van der Waals surface area (Å²) in [5.41, 5.74) is 1.81. The molecule has 0 fully saturated rings. The van der Waals surface area contributed by atoms with Crippen LogP contribution in [0.4, 0.5) is 0 Å². The number of carbonyl (C=O) groups excluding carboxylic acids is 1. The van der Waals surface area contributed by atoms with E-state index in [2.05, 4.69) is 15.9 Å². The lowest BCUT2D eigenvalue weighted by atomic mass is 10.1. The van der Waals surface area contributed by atoms with Crippen molar-refractivity contribution < 1.29 is 23.7 Å². The Morgan fingerprint density at radius 2 is 1.64 bits per heavy atom. The van der Waals surface area contributed by atoms with E-state index in [0.717, 1.165) is 21.3 Å². The fraction of sp³-hybridized carbons (Fsp3) is 0.316. The summed E-state index contributed by atoms with van der Waals surface area (Å²) in [6.07, 6.45) is 0.923. The smallest absolute Gasteiger partial charge is 0.306 e. The van der Waals surface area contributed by atoms with Gasteiger partial charge < -0.3 is 18.9 Å². The highest BCUT2D eigenvalue weighted by Crippen LogP contribution is 2.33. The van der Waals surface area contributed by atoms with Crippen molar-refractivity contribution >= 4 is 21.9 Å². The third kappa shape index (κ3) is 5.39. The molecule has 2 aromatic rings. The van der Waals surface area contributed by atoms with Gasteiger partial charge in [-0.1, -0.05) is 12.1 Å². The zero-order valence-corrected chi connectivity index (χ0v) is 16.1. The highest BCUT2D eigenvalue weighted by atomic mass is 79.9. The maximum Gasteiger partial charge on any atom is 0.306 e. The van der Waals surface area contributed by atoms with Crippen LogP contribution in [0.25, 0.3) is 0 Å². The summed E-state index contributed by atoms with van der Waals surface area (Å²) >= 11 is 3.40. The summed E-state index contributed by atoms with van der Waals surface area (Å²) in [4.78, 5) is 12.0. The van der Waals surface area contributed by atoms with E-state index in [1.807, 2.05) is 24.3 Å². The fourth-order valence-corrected chi connectivity index (χ4v) is 2.79. The summed E-state index contributed by atoms with van der Waals surface area (Å²) in [6, 6.07) is 11.2. The molecule has 25 heavy (non-hydrogen) atoms. The second-order valence-electron chi connectivity index (χ2n) is 5.31. The van der Waals surface area contributed by atoms with Gasteiger partial charge in [-0.2, -0.15) is 0 Å². The van der Waals surface area contributed by atoms with Crippen LogP contribution in [-0.2, 0) is 22.6 Å². The fourth-order valence-electron chi connectivity index (χ4n) is 2.31. The van der Waals surface area contributed by atoms with Crippen molar-refractivity contribution in [3.63, 3.8) is 0 Å². The van der Waals surface area contributed by atoms with Gasteiger partial charge in [0.1, 0.15) is 23.9 Å². The van der Waals surface area contributed by atoms with Crippen LogP contribution in [0.5, 0.6) is 17.2 Å². The lowest BCUT2D eigenvalue weighted by Gasteiger charge is -2.12. The monoisotopic (exact) mass is 408 g/mol. The summed E-state index contributed by atoms with van der Waals surface area (Å²) in [6.45, 7) is 0.133. The summed E-state index contributed by atoms with van der Waals surface area (Å²) in [7, 11) is 4.78. The first-order valence-electron chi connectivity index (χ1n) is 7.76. The Bertz CT molecular complexity index is 712. The third-order valence-electron chi connectivity index (χ3n) is 3.72. The number of carbonyl (C=O) groups is 1. The number of hydrogen-bond donors (Lipinski definition) is 0. The molecule has 0 aliphatic carbocycles. The Morgan fingerprint density at radius 1 is 0.960 bits per heavy atom. The Hall–Kier alpha value is -2.21. The molecule has 0 radical (unpaired) electrons. The number of hydrogen-bond acceptors (Lipinski definition) is 5. The minimum absolute atomic E-state index is 0.133. The van der Waals surface area contributed by atoms with E-state index in [1.54, 1.807) is 33.5 Å². The van der Waals surface area contributed by atoms with E-state index in [-0.39, 0.29) is 12.6 Å². The molecule has 0 aliphatic rings. The average Bonchev–Trinajstić information content (AvgIpc) is 2.65. The van der Waals surface area contributed by atoms with E-state index in [0.29, 0.717) is 24.3 Å². The number of esters is 1. The Kier molecular flexibility index (Phi) is 7.13. The van der Waals surface area contributed by atoms with Crippen LogP contribution in [0, 0.1) is 0 Å². The molecule has 0 bridgehead atoms. The normalized spacial score (nSPS) is 10.2. The van der Waals surface area contributed by atoms with Gasteiger partial charge in [0.25, 0.3) is 0 Å². The Balaban J connectivity index is 1.90. The molecule has 0 saturated carbocycles. The number of aryl methyl sites for hydroxylation is 1. The van der Waals surface area contributed by atoms with Gasteiger partial charge in [-0.25, -0.2) is 0 Å². The molecule has 0 aromatic heterocycles. The van der Waals surface area contributed by atoms with E-state index < -0.39 is 0 Å². The largest absolute Gasteiger partial charge is 0.497 e. The summed E-state index contributed by atoms with van der Waals surface area (Å²) in [5.74, 6) is 1.82. The van der Waals surface area contributed by atoms with Crippen molar-refractivity contribution in [2.24, 2.45) is 0 Å².